The second-order valence-corrected chi connectivity index (χ2v) is 4.38. The Balaban J connectivity index is 1.82. The van der Waals surface area contributed by atoms with Crippen molar-refractivity contribution >= 4 is 22.9 Å². The lowest BCUT2D eigenvalue weighted by atomic mass is 10.2. The van der Waals surface area contributed by atoms with Gasteiger partial charge in [0.1, 0.15) is 6.54 Å². The number of carbonyl (C=O) groups is 1. The van der Waals surface area contributed by atoms with Gasteiger partial charge in [-0.05, 0) is 12.1 Å². The maximum absolute atomic E-state index is 12.0. The Labute approximate surface area is 118 Å². The monoisotopic (exact) mass is 284 g/mol. The number of nitrogen functional groups attached to an aromatic ring is 1. The molecule has 2 aromatic heterocycles. The molecule has 21 heavy (non-hydrogen) atoms. The molecule has 0 saturated carbocycles. The van der Waals surface area contributed by atoms with Gasteiger partial charge in [-0.2, -0.15) is 0 Å². The normalized spacial score (nSPS) is 10.7. The number of para-hydroxylation sites is 2. The second-order valence-electron chi connectivity index (χ2n) is 4.38. The predicted octanol–water partition coefficient (Wildman–Crippen LogP) is 0.112. The Hall–Kier alpha value is -3.16. The zero-order valence-corrected chi connectivity index (χ0v) is 10.9. The summed E-state index contributed by atoms with van der Waals surface area (Å²) in [5.74, 6) is -0.383. The maximum atomic E-state index is 12.0. The molecule has 3 N–H and O–H groups in total. The number of nitrogens with one attached hydrogen (secondary N) is 1. The molecule has 3 aromatic rings. The molecule has 0 unspecified atom stereocenters. The van der Waals surface area contributed by atoms with Crippen molar-refractivity contribution in [1.82, 2.24) is 19.2 Å². The predicted molar refractivity (Wildman–Crippen MR) is 76.7 cm³/mol. The van der Waals surface area contributed by atoms with Crippen LogP contribution in [0, 0.1) is 0 Å². The van der Waals surface area contributed by atoms with Gasteiger partial charge in [0.15, 0.2) is 5.65 Å². The van der Waals surface area contributed by atoms with Crippen LogP contribution >= 0.6 is 0 Å². The van der Waals surface area contributed by atoms with Crippen LogP contribution in [0.5, 0.6) is 0 Å². The van der Waals surface area contributed by atoms with Crippen molar-refractivity contribution in [1.29, 1.82) is 0 Å². The topological polar surface area (TPSA) is 107 Å². The number of fused-ring (bicyclic) bond motifs is 1. The molecule has 0 saturated heterocycles. The third-order valence-corrected chi connectivity index (χ3v) is 2.92. The molecule has 0 aliphatic carbocycles. The number of nitrogens with two attached hydrogens (primary N) is 1. The van der Waals surface area contributed by atoms with Gasteiger partial charge < -0.3 is 11.1 Å². The fraction of sp³-hybridized carbons (Fsp3) is 0.0769. The van der Waals surface area contributed by atoms with E-state index >= 15 is 0 Å². The second kappa shape index (κ2) is 5.08. The van der Waals surface area contributed by atoms with Gasteiger partial charge in [0, 0.05) is 12.4 Å². The van der Waals surface area contributed by atoms with Crippen LogP contribution < -0.4 is 16.7 Å². The van der Waals surface area contributed by atoms with Crippen molar-refractivity contribution in [2.75, 3.05) is 11.1 Å². The van der Waals surface area contributed by atoms with Crippen LogP contribution in [0.3, 0.4) is 0 Å². The van der Waals surface area contributed by atoms with E-state index in [1.807, 2.05) is 0 Å². The molecule has 0 bridgehead atoms. The summed E-state index contributed by atoms with van der Waals surface area (Å²) in [6, 6.07) is 6.89. The smallest absolute Gasteiger partial charge is 0.350 e. The van der Waals surface area contributed by atoms with Crippen molar-refractivity contribution in [3.63, 3.8) is 0 Å². The Bertz CT molecular complexity index is 866. The van der Waals surface area contributed by atoms with Gasteiger partial charge >= 0.3 is 5.69 Å². The minimum atomic E-state index is -0.399. The van der Waals surface area contributed by atoms with E-state index in [1.165, 1.54) is 23.0 Å². The summed E-state index contributed by atoms with van der Waals surface area (Å²) < 4.78 is 2.39. The molecule has 0 fully saturated rings. The number of hydrogen-bond donors (Lipinski definition) is 2. The van der Waals surface area contributed by atoms with Crippen molar-refractivity contribution in [2.45, 2.75) is 6.54 Å². The van der Waals surface area contributed by atoms with E-state index in [4.69, 9.17) is 5.73 Å². The summed E-state index contributed by atoms with van der Waals surface area (Å²) in [4.78, 5) is 27.9. The highest BCUT2D eigenvalue weighted by Gasteiger charge is 2.11. The molecule has 3 rings (SSSR count). The molecule has 0 aliphatic rings. The number of anilines is 2. The zero-order chi connectivity index (χ0) is 14.8. The third-order valence-electron chi connectivity index (χ3n) is 2.92. The Kier molecular flexibility index (Phi) is 3.11. The van der Waals surface area contributed by atoms with E-state index in [-0.39, 0.29) is 12.5 Å². The van der Waals surface area contributed by atoms with Crippen molar-refractivity contribution in [3.8, 4) is 0 Å². The first-order chi connectivity index (χ1) is 10.1. The van der Waals surface area contributed by atoms with E-state index in [1.54, 1.807) is 24.3 Å². The van der Waals surface area contributed by atoms with E-state index < -0.39 is 5.69 Å². The van der Waals surface area contributed by atoms with Crippen LogP contribution in [-0.4, -0.2) is 25.1 Å². The Morgan fingerprint density at radius 3 is 2.90 bits per heavy atom. The number of benzene rings is 1. The van der Waals surface area contributed by atoms with Gasteiger partial charge in [-0.25, -0.2) is 13.9 Å². The SMILES string of the molecule is Nc1ccccc1NC(=O)Cn1nc2cnccn2c1=O. The average molecular weight is 284 g/mol. The summed E-state index contributed by atoms with van der Waals surface area (Å²) in [7, 11) is 0. The van der Waals surface area contributed by atoms with Crippen LogP contribution in [0.1, 0.15) is 0 Å². The van der Waals surface area contributed by atoms with Crippen molar-refractivity contribution in [3.05, 3.63) is 53.3 Å². The summed E-state index contributed by atoms with van der Waals surface area (Å²) in [6.07, 6.45) is 4.42. The molecule has 0 spiro atoms. The number of carbonyl (C=O) groups excluding carboxylic acids is 1. The molecule has 1 aromatic carbocycles. The first-order valence-electron chi connectivity index (χ1n) is 6.19. The quantitative estimate of drug-likeness (QED) is 0.664. The molecule has 0 radical (unpaired) electrons. The lowest BCUT2D eigenvalue weighted by Gasteiger charge is -2.07. The van der Waals surface area contributed by atoms with Gasteiger partial charge in [0.05, 0.1) is 17.6 Å². The van der Waals surface area contributed by atoms with E-state index in [2.05, 4.69) is 15.4 Å². The summed E-state index contributed by atoms with van der Waals surface area (Å²) in [5, 5.41) is 6.67. The van der Waals surface area contributed by atoms with Gasteiger partial charge in [0.2, 0.25) is 5.91 Å². The lowest BCUT2D eigenvalue weighted by molar-refractivity contribution is -0.116. The Morgan fingerprint density at radius 2 is 2.14 bits per heavy atom. The van der Waals surface area contributed by atoms with Crippen LogP contribution in [-0.2, 0) is 11.3 Å². The van der Waals surface area contributed by atoms with Gasteiger partial charge in [-0.15, -0.1) is 5.10 Å². The lowest BCUT2D eigenvalue weighted by Crippen LogP contribution is -2.28. The standard InChI is InChI=1S/C13H12N6O2/c14-9-3-1-2-4-10(9)16-12(20)8-19-13(21)18-6-5-15-7-11(18)17-19/h1-7H,8,14H2,(H,16,20). The molecule has 0 atom stereocenters. The van der Waals surface area contributed by atoms with Crippen molar-refractivity contribution in [2.24, 2.45) is 0 Å². The minimum absolute atomic E-state index is 0.200. The third kappa shape index (κ3) is 2.46. The highest BCUT2D eigenvalue weighted by molar-refractivity contribution is 5.93. The number of aromatic nitrogens is 4. The van der Waals surface area contributed by atoms with Gasteiger partial charge in [-0.1, -0.05) is 12.1 Å². The first-order valence-corrected chi connectivity index (χ1v) is 6.19. The van der Waals surface area contributed by atoms with Crippen LogP contribution in [0.4, 0.5) is 11.4 Å². The van der Waals surface area contributed by atoms with E-state index in [0.717, 1.165) is 4.68 Å². The largest absolute Gasteiger partial charge is 0.397 e. The molecule has 0 aliphatic heterocycles. The zero-order valence-electron chi connectivity index (χ0n) is 10.9. The summed E-state index contributed by atoms with van der Waals surface area (Å²) in [6.45, 7) is -0.200. The van der Waals surface area contributed by atoms with E-state index in [9.17, 15) is 9.59 Å². The molecule has 106 valence electrons. The maximum Gasteiger partial charge on any atom is 0.350 e. The highest BCUT2D eigenvalue weighted by Crippen LogP contribution is 2.16. The highest BCUT2D eigenvalue weighted by atomic mass is 16.2. The number of nitrogens with zero attached hydrogens (tertiary/aromatic N) is 4. The van der Waals surface area contributed by atoms with Crippen molar-refractivity contribution < 1.29 is 4.79 Å². The summed E-state index contributed by atoms with van der Waals surface area (Å²) in [5.41, 5.74) is 6.68. The van der Waals surface area contributed by atoms with Crippen LogP contribution in [0.15, 0.2) is 47.7 Å². The van der Waals surface area contributed by atoms with E-state index in [0.29, 0.717) is 17.0 Å². The molecule has 8 heteroatoms. The fourth-order valence-corrected chi connectivity index (χ4v) is 1.92. The number of amides is 1. The fourth-order valence-electron chi connectivity index (χ4n) is 1.92. The molecule has 2 heterocycles. The molecule has 1 amide bonds. The summed E-state index contributed by atoms with van der Waals surface area (Å²) >= 11 is 0. The minimum Gasteiger partial charge on any atom is -0.397 e. The first kappa shape index (κ1) is 12.9. The Morgan fingerprint density at radius 1 is 1.33 bits per heavy atom. The van der Waals surface area contributed by atoms with Gasteiger partial charge in [0.25, 0.3) is 0 Å². The molecular formula is C13H12N6O2. The molecule has 8 nitrogen and oxygen atoms in total. The van der Waals surface area contributed by atoms with Crippen LogP contribution in [0.2, 0.25) is 0 Å². The number of rotatable bonds is 3. The van der Waals surface area contributed by atoms with Crippen LogP contribution in [0.25, 0.3) is 5.65 Å². The number of hydrogen-bond acceptors (Lipinski definition) is 5. The average Bonchev–Trinajstić information content (AvgIpc) is 2.78. The molecular weight excluding hydrogens is 272 g/mol. The van der Waals surface area contributed by atoms with Gasteiger partial charge in [-0.3, -0.25) is 9.78 Å².